The van der Waals surface area contributed by atoms with Crippen LogP contribution in [0.2, 0.25) is 0 Å². The lowest BCUT2D eigenvalue weighted by atomic mass is 9.75. The molecule has 0 saturated carbocycles. The van der Waals surface area contributed by atoms with Crippen molar-refractivity contribution in [3.05, 3.63) is 63.0 Å². The van der Waals surface area contributed by atoms with Crippen LogP contribution in [0.3, 0.4) is 0 Å². The minimum absolute atomic E-state index is 0.0883. The highest BCUT2D eigenvalue weighted by molar-refractivity contribution is 5.95. The number of allylic oxidation sites excluding steroid dienone is 1. The average Bonchev–Trinajstić information content (AvgIpc) is 2.72. The molecule has 29 heavy (non-hydrogen) atoms. The summed E-state index contributed by atoms with van der Waals surface area (Å²) in [5, 5.41) is 14.1. The molecule has 10 heteroatoms. The fraction of sp³-hybridized carbons (Fsp3) is 0.316. The minimum Gasteiger partial charge on any atom is -0.468 e. The number of esters is 3. The Morgan fingerprint density at radius 3 is 2.38 bits per heavy atom. The van der Waals surface area contributed by atoms with E-state index in [2.05, 4.69) is 10.1 Å². The molecule has 0 radical (unpaired) electrons. The zero-order valence-electron chi connectivity index (χ0n) is 16.3. The molecule has 0 saturated heterocycles. The SMILES string of the molecule is COC(=O)C=C1NC(C)=C(C(=O)OC)C(c2cccc([N+](=O)[O-])c2)C1C(=O)OC. The lowest BCUT2D eigenvalue weighted by Crippen LogP contribution is -2.40. The Morgan fingerprint density at radius 2 is 1.83 bits per heavy atom. The van der Waals surface area contributed by atoms with Crippen LogP contribution in [0.15, 0.2) is 47.3 Å². The lowest BCUT2D eigenvalue weighted by Gasteiger charge is -2.35. The molecular formula is C19H20N2O8. The molecule has 1 aliphatic heterocycles. The number of carbonyl (C=O) groups is 3. The van der Waals surface area contributed by atoms with E-state index in [1.807, 2.05) is 0 Å². The predicted octanol–water partition coefficient (Wildman–Crippen LogP) is 1.57. The Kier molecular flexibility index (Phi) is 6.71. The number of non-ortho nitro benzene ring substituents is 1. The fourth-order valence-corrected chi connectivity index (χ4v) is 3.22. The number of hydrogen-bond donors (Lipinski definition) is 1. The van der Waals surface area contributed by atoms with Gasteiger partial charge in [0.2, 0.25) is 0 Å². The number of hydrogen-bond acceptors (Lipinski definition) is 9. The molecule has 1 aliphatic rings. The van der Waals surface area contributed by atoms with E-state index in [1.54, 1.807) is 13.0 Å². The van der Waals surface area contributed by atoms with E-state index in [0.717, 1.165) is 13.2 Å². The standard InChI is InChI=1S/C19H20N2O8/c1-10-15(18(23)28-3)16(11-6-5-7-12(8-11)21(25)26)17(19(24)29-4)13(20-10)9-14(22)27-2/h5-9,16-17,20H,1-4H3. The molecule has 0 spiro atoms. The van der Waals surface area contributed by atoms with Crippen molar-refractivity contribution in [2.75, 3.05) is 21.3 Å². The van der Waals surface area contributed by atoms with Gasteiger partial charge in [-0.15, -0.1) is 0 Å². The smallest absolute Gasteiger partial charge is 0.336 e. The van der Waals surface area contributed by atoms with Crippen molar-refractivity contribution in [3.8, 4) is 0 Å². The van der Waals surface area contributed by atoms with Gasteiger partial charge >= 0.3 is 17.9 Å². The van der Waals surface area contributed by atoms with Crippen molar-refractivity contribution in [2.45, 2.75) is 12.8 Å². The van der Waals surface area contributed by atoms with Gasteiger partial charge in [0.05, 0.1) is 31.8 Å². The van der Waals surface area contributed by atoms with Crippen LogP contribution in [0.1, 0.15) is 18.4 Å². The van der Waals surface area contributed by atoms with E-state index in [0.29, 0.717) is 11.3 Å². The minimum atomic E-state index is -1.17. The molecule has 0 aliphatic carbocycles. The first-order chi connectivity index (χ1) is 13.7. The number of rotatable bonds is 5. The van der Waals surface area contributed by atoms with E-state index in [-0.39, 0.29) is 17.0 Å². The number of nitrogens with zero attached hydrogens (tertiary/aromatic N) is 1. The molecule has 2 atom stereocenters. The van der Waals surface area contributed by atoms with Crippen molar-refractivity contribution in [1.29, 1.82) is 0 Å². The third-order valence-corrected chi connectivity index (χ3v) is 4.49. The van der Waals surface area contributed by atoms with Gasteiger partial charge in [-0.1, -0.05) is 12.1 Å². The maximum atomic E-state index is 12.6. The number of methoxy groups -OCH3 is 3. The van der Waals surface area contributed by atoms with Crippen LogP contribution in [-0.2, 0) is 28.6 Å². The molecule has 0 fully saturated rings. The van der Waals surface area contributed by atoms with E-state index in [4.69, 9.17) is 9.47 Å². The summed E-state index contributed by atoms with van der Waals surface area (Å²) < 4.78 is 14.4. The monoisotopic (exact) mass is 404 g/mol. The highest BCUT2D eigenvalue weighted by Crippen LogP contribution is 2.42. The first-order valence-electron chi connectivity index (χ1n) is 8.42. The van der Waals surface area contributed by atoms with Crippen LogP contribution in [0, 0.1) is 16.0 Å². The summed E-state index contributed by atoms with van der Waals surface area (Å²) in [5.74, 6) is -4.37. The molecule has 154 valence electrons. The molecule has 1 heterocycles. The molecule has 0 amide bonds. The number of benzene rings is 1. The summed E-state index contributed by atoms with van der Waals surface area (Å²) >= 11 is 0. The Hall–Kier alpha value is -3.69. The summed E-state index contributed by atoms with van der Waals surface area (Å²) in [7, 11) is 3.52. The van der Waals surface area contributed by atoms with E-state index in [9.17, 15) is 24.5 Å². The van der Waals surface area contributed by atoms with Gasteiger partial charge in [0.15, 0.2) is 0 Å². The van der Waals surface area contributed by atoms with E-state index < -0.39 is 34.7 Å². The van der Waals surface area contributed by atoms with Gasteiger partial charge in [-0.05, 0) is 12.5 Å². The van der Waals surface area contributed by atoms with Crippen LogP contribution in [-0.4, -0.2) is 44.2 Å². The quantitative estimate of drug-likeness (QED) is 0.255. The topological polar surface area (TPSA) is 134 Å². The van der Waals surface area contributed by atoms with Crippen LogP contribution >= 0.6 is 0 Å². The summed E-state index contributed by atoms with van der Waals surface area (Å²) in [5.41, 5.74) is 0.635. The molecule has 2 unspecified atom stereocenters. The third-order valence-electron chi connectivity index (χ3n) is 4.49. The predicted molar refractivity (Wildman–Crippen MR) is 99.3 cm³/mol. The normalized spacial score (nSPS) is 19.9. The van der Waals surface area contributed by atoms with E-state index >= 15 is 0 Å². The second-order valence-corrected chi connectivity index (χ2v) is 6.11. The van der Waals surface area contributed by atoms with Crippen LogP contribution in [0.4, 0.5) is 5.69 Å². The van der Waals surface area contributed by atoms with Gasteiger partial charge in [-0.3, -0.25) is 14.9 Å². The zero-order valence-corrected chi connectivity index (χ0v) is 16.3. The molecule has 1 aromatic carbocycles. The van der Waals surface area contributed by atoms with E-state index in [1.165, 1.54) is 32.4 Å². The Balaban J connectivity index is 2.79. The first kappa shape index (κ1) is 21.6. The van der Waals surface area contributed by atoms with Gasteiger partial charge in [0.1, 0.15) is 5.92 Å². The highest BCUT2D eigenvalue weighted by Gasteiger charge is 2.44. The maximum Gasteiger partial charge on any atom is 0.336 e. The number of nitro groups is 1. The molecule has 0 bridgehead atoms. The second-order valence-electron chi connectivity index (χ2n) is 6.11. The van der Waals surface area contributed by atoms with Crippen LogP contribution < -0.4 is 5.32 Å². The van der Waals surface area contributed by atoms with Gasteiger partial charge in [-0.25, -0.2) is 9.59 Å². The molecule has 10 nitrogen and oxygen atoms in total. The molecule has 0 aromatic heterocycles. The number of nitrogens with one attached hydrogen (secondary N) is 1. The number of carbonyl (C=O) groups excluding carboxylic acids is 3. The molecule has 1 aromatic rings. The second kappa shape index (κ2) is 9.00. The Labute approximate surface area is 166 Å². The van der Waals surface area contributed by atoms with Crippen molar-refractivity contribution in [2.24, 2.45) is 5.92 Å². The molecule has 2 rings (SSSR count). The fourth-order valence-electron chi connectivity index (χ4n) is 3.22. The summed E-state index contributed by atoms with van der Waals surface area (Å²) in [6.45, 7) is 1.56. The van der Waals surface area contributed by atoms with Crippen molar-refractivity contribution in [3.63, 3.8) is 0 Å². The summed E-state index contributed by atoms with van der Waals surface area (Å²) in [6.07, 6.45) is 1.07. The zero-order chi connectivity index (χ0) is 21.7. The average molecular weight is 404 g/mol. The number of nitro benzene ring substituents is 1. The Bertz CT molecular complexity index is 919. The van der Waals surface area contributed by atoms with Gasteiger partial charge < -0.3 is 19.5 Å². The van der Waals surface area contributed by atoms with Crippen LogP contribution in [0.5, 0.6) is 0 Å². The van der Waals surface area contributed by atoms with Crippen LogP contribution in [0.25, 0.3) is 0 Å². The summed E-state index contributed by atoms with van der Waals surface area (Å²) in [6, 6.07) is 5.54. The van der Waals surface area contributed by atoms with Crippen molar-refractivity contribution < 1.29 is 33.5 Å². The lowest BCUT2D eigenvalue weighted by molar-refractivity contribution is -0.384. The molecular weight excluding hydrogens is 384 g/mol. The third kappa shape index (κ3) is 4.42. The van der Waals surface area contributed by atoms with Gasteiger partial charge in [0.25, 0.3) is 5.69 Å². The largest absolute Gasteiger partial charge is 0.468 e. The first-order valence-corrected chi connectivity index (χ1v) is 8.42. The summed E-state index contributed by atoms with van der Waals surface area (Å²) in [4.78, 5) is 47.6. The van der Waals surface area contributed by atoms with Crippen molar-refractivity contribution in [1.82, 2.24) is 5.32 Å². The molecule has 1 N–H and O–H groups in total. The van der Waals surface area contributed by atoms with Crippen molar-refractivity contribution >= 4 is 23.6 Å². The van der Waals surface area contributed by atoms with Gasteiger partial charge in [-0.2, -0.15) is 0 Å². The maximum absolute atomic E-state index is 12.6. The Morgan fingerprint density at radius 1 is 1.14 bits per heavy atom. The van der Waals surface area contributed by atoms with Gasteiger partial charge in [0, 0.05) is 35.5 Å². The highest BCUT2D eigenvalue weighted by atomic mass is 16.6. The number of ether oxygens (including phenoxy) is 3.